The summed E-state index contributed by atoms with van der Waals surface area (Å²) in [6, 6.07) is 2.00. The van der Waals surface area contributed by atoms with E-state index in [1.807, 2.05) is 41.4 Å². The van der Waals surface area contributed by atoms with Crippen LogP contribution in [0.4, 0.5) is 18.9 Å². The minimum Gasteiger partial charge on any atom is -0.475 e. The van der Waals surface area contributed by atoms with E-state index in [1.165, 1.54) is 24.2 Å². The summed E-state index contributed by atoms with van der Waals surface area (Å²) in [4.78, 5) is 42.9. The third kappa shape index (κ3) is 5.82. The molecule has 1 spiro atoms. The SMILES string of the molecule is Cc1ccsc1C(=O)N1CCC2(CC1)C(=O)N(c1cnn(C)c1)CCN2CC1CC1.O=C(O)C(F)(F)F. The van der Waals surface area contributed by atoms with Crippen molar-refractivity contribution in [3.63, 3.8) is 0 Å². The van der Waals surface area contributed by atoms with Crippen LogP contribution < -0.4 is 4.90 Å². The number of carboxylic acid groups (broad SMARTS) is 1. The molecule has 0 unspecified atom stereocenters. The van der Waals surface area contributed by atoms with E-state index in [2.05, 4.69) is 10.00 Å². The van der Waals surface area contributed by atoms with Crippen LogP contribution in [0, 0.1) is 12.8 Å². The lowest BCUT2D eigenvalue weighted by Crippen LogP contribution is -2.69. The summed E-state index contributed by atoms with van der Waals surface area (Å²) in [6.45, 7) is 5.84. The predicted molar refractivity (Wildman–Crippen MR) is 130 cm³/mol. The van der Waals surface area contributed by atoms with Crippen molar-refractivity contribution in [2.45, 2.75) is 44.3 Å². The van der Waals surface area contributed by atoms with E-state index in [0.29, 0.717) is 32.5 Å². The van der Waals surface area contributed by atoms with Gasteiger partial charge in [-0.1, -0.05) is 0 Å². The van der Waals surface area contributed by atoms with Crippen molar-refractivity contribution in [1.82, 2.24) is 19.6 Å². The van der Waals surface area contributed by atoms with Gasteiger partial charge in [-0.15, -0.1) is 11.3 Å². The molecule has 1 aliphatic carbocycles. The smallest absolute Gasteiger partial charge is 0.475 e. The summed E-state index contributed by atoms with van der Waals surface area (Å²) >= 11 is 1.51. The van der Waals surface area contributed by atoms with Crippen LogP contribution in [0.3, 0.4) is 0 Å². The first kappa shape index (κ1) is 27.1. The molecule has 2 aliphatic heterocycles. The van der Waals surface area contributed by atoms with Gasteiger partial charge in [0.1, 0.15) is 5.54 Å². The average molecular weight is 542 g/mol. The normalized spacial score (nSPS) is 20.1. The minimum absolute atomic E-state index is 0.110. The number of amides is 2. The number of nitrogens with zero attached hydrogens (tertiary/aromatic N) is 5. The zero-order valence-corrected chi connectivity index (χ0v) is 21.5. The number of carbonyl (C=O) groups is 3. The first-order valence-corrected chi connectivity index (χ1v) is 13.0. The summed E-state index contributed by atoms with van der Waals surface area (Å²) in [6.07, 6.45) is 2.56. The molecule has 1 N–H and O–H groups in total. The summed E-state index contributed by atoms with van der Waals surface area (Å²) in [7, 11) is 1.88. The fourth-order valence-electron chi connectivity index (χ4n) is 4.94. The maximum Gasteiger partial charge on any atom is 0.490 e. The molecule has 3 fully saturated rings. The number of carbonyl (C=O) groups excluding carboxylic acids is 2. The highest BCUT2D eigenvalue weighted by Gasteiger charge is 2.52. The molecule has 202 valence electrons. The topological polar surface area (TPSA) is 99.0 Å². The van der Waals surface area contributed by atoms with Crippen LogP contribution in [0.1, 0.15) is 40.9 Å². The van der Waals surface area contributed by atoms with Crippen molar-refractivity contribution in [1.29, 1.82) is 0 Å². The van der Waals surface area contributed by atoms with E-state index in [-0.39, 0.29) is 11.8 Å². The highest BCUT2D eigenvalue weighted by molar-refractivity contribution is 7.12. The van der Waals surface area contributed by atoms with Crippen molar-refractivity contribution in [2.24, 2.45) is 13.0 Å². The second kappa shape index (κ2) is 10.4. The van der Waals surface area contributed by atoms with E-state index in [0.717, 1.165) is 35.1 Å². The van der Waals surface area contributed by atoms with Crippen LogP contribution in [0.25, 0.3) is 0 Å². The third-order valence-corrected chi connectivity index (χ3v) is 8.20. The van der Waals surface area contributed by atoms with Crippen molar-refractivity contribution < 1.29 is 32.7 Å². The van der Waals surface area contributed by atoms with Gasteiger partial charge in [-0.05, 0) is 55.5 Å². The fraction of sp³-hybridized carbons (Fsp3) is 0.583. The molecule has 2 saturated heterocycles. The highest BCUT2D eigenvalue weighted by atomic mass is 32.1. The lowest BCUT2D eigenvalue weighted by molar-refractivity contribution is -0.192. The van der Waals surface area contributed by atoms with Crippen LogP contribution in [-0.4, -0.2) is 86.9 Å². The highest BCUT2D eigenvalue weighted by Crippen LogP contribution is 2.40. The van der Waals surface area contributed by atoms with Crippen LogP contribution in [0.5, 0.6) is 0 Å². The second-order valence-electron chi connectivity index (χ2n) is 9.78. The van der Waals surface area contributed by atoms with Gasteiger partial charge in [0, 0.05) is 46.0 Å². The molecule has 0 radical (unpaired) electrons. The van der Waals surface area contributed by atoms with Gasteiger partial charge in [-0.25, -0.2) is 4.79 Å². The number of alkyl halides is 3. The molecule has 5 rings (SSSR count). The Balaban J connectivity index is 0.000000405. The predicted octanol–water partition coefficient (Wildman–Crippen LogP) is 3.16. The van der Waals surface area contributed by atoms with Crippen LogP contribution >= 0.6 is 11.3 Å². The molecule has 13 heteroatoms. The molecular weight excluding hydrogens is 511 g/mol. The summed E-state index contributed by atoms with van der Waals surface area (Å²) in [5.74, 6) is -1.74. The fourth-order valence-corrected chi connectivity index (χ4v) is 5.83. The van der Waals surface area contributed by atoms with Gasteiger partial charge < -0.3 is 14.9 Å². The number of hydrogen-bond donors (Lipinski definition) is 1. The maximum absolute atomic E-state index is 13.8. The third-order valence-electron chi connectivity index (χ3n) is 7.20. The van der Waals surface area contributed by atoms with E-state index in [9.17, 15) is 22.8 Å². The maximum atomic E-state index is 13.8. The Morgan fingerprint density at radius 1 is 1.19 bits per heavy atom. The zero-order valence-electron chi connectivity index (χ0n) is 20.7. The summed E-state index contributed by atoms with van der Waals surface area (Å²) < 4.78 is 33.5. The number of carboxylic acids is 1. The molecule has 2 amide bonds. The molecule has 0 aromatic carbocycles. The van der Waals surface area contributed by atoms with Gasteiger partial charge in [-0.2, -0.15) is 18.3 Å². The molecule has 4 heterocycles. The van der Waals surface area contributed by atoms with Gasteiger partial charge >= 0.3 is 12.1 Å². The standard InChI is InChI=1S/C22H29N5O2S.C2HF3O2/c1-16-5-12-30-19(16)20(28)25-8-6-22(7-9-25)21(29)27(18-13-23-24(2)15-18)11-10-26(22)14-17-3-4-17;3-2(4,5)1(6)7/h5,12-13,15,17H,3-4,6-11,14H2,1-2H3;(H,6,7). The lowest BCUT2D eigenvalue weighted by atomic mass is 9.82. The van der Waals surface area contributed by atoms with E-state index >= 15 is 0 Å². The number of piperidine rings is 1. The number of piperazine rings is 1. The van der Waals surface area contributed by atoms with Gasteiger partial charge in [0.15, 0.2) is 0 Å². The largest absolute Gasteiger partial charge is 0.490 e. The lowest BCUT2D eigenvalue weighted by Gasteiger charge is -2.52. The van der Waals surface area contributed by atoms with E-state index in [1.54, 1.807) is 10.9 Å². The molecule has 0 bridgehead atoms. The number of anilines is 1. The Bertz CT molecular complexity index is 1150. The second-order valence-corrected chi connectivity index (χ2v) is 10.7. The van der Waals surface area contributed by atoms with Gasteiger partial charge in [0.05, 0.1) is 16.8 Å². The van der Waals surface area contributed by atoms with Crippen molar-refractivity contribution in [3.8, 4) is 0 Å². The Morgan fingerprint density at radius 3 is 2.32 bits per heavy atom. The molecule has 37 heavy (non-hydrogen) atoms. The van der Waals surface area contributed by atoms with Gasteiger partial charge in [0.25, 0.3) is 5.91 Å². The number of aryl methyl sites for hydroxylation is 2. The zero-order chi connectivity index (χ0) is 27.0. The number of halogens is 3. The molecule has 9 nitrogen and oxygen atoms in total. The number of aromatic nitrogens is 2. The van der Waals surface area contributed by atoms with Crippen LogP contribution in [-0.2, 0) is 16.6 Å². The number of likely N-dealkylation sites (tertiary alicyclic amines) is 1. The van der Waals surface area contributed by atoms with Gasteiger partial charge in [0.2, 0.25) is 5.91 Å². The van der Waals surface area contributed by atoms with Gasteiger partial charge in [-0.3, -0.25) is 19.2 Å². The summed E-state index contributed by atoms with van der Waals surface area (Å²) in [5, 5.41) is 13.4. The van der Waals surface area contributed by atoms with Crippen molar-refractivity contribution in [2.75, 3.05) is 37.6 Å². The van der Waals surface area contributed by atoms with Crippen LogP contribution in [0.2, 0.25) is 0 Å². The van der Waals surface area contributed by atoms with Crippen molar-refractivity contribution in [3.05, 3.63) is 34.3 Å². The number of thiophene rings is 1. The molecule has 2 aromatic rings. The van der Waals surface area contributed by atoms with E-state index < -0.39 is 17.7 Å². The number of hydrogen-bond acceptors (Lipinski definition) is 6. The summed E-state index contributed by atoms with van der Waals surface area (Å²) in [5.41, 5.74) is 1.41. The Kier molecular flexibility index (Phi) is 7.65. The number of rotatable bonds is 4. The molecule has 0 atom stereocenters. The molecule has 1 saturated carbocycles. The first-order chi connectivity index (χ1) is 17.4. The van der Waals surface area contributed by atoms with Crippen molar-refractivity contribution >= 4 is 34.8 Å². The molecule has 2 aromatic heterocycles. The first-order valence-electron chi connectivity index (χ1n) is 12.1. The quantitative estimate of drug-likeness (QED) is 0.639. The molecular formula is C24H30F3N5O4S. The van der Waals surface area contributed by atoms with Crippen LogP contribution in [0.15, 0.2) is 23.8 Å². The Hall–Kier alpha value is -2.93. The Morgan fingerprint density at radius 2 is 1.84 bits per heavy atom. The van der Waals surface area contributed by atoms with E-state index in [4.69, 9.17) is 9.90 Å². The average Bonchev–Trinajstić information content (AvgIpc) is 3.40. The monoisotopic (exact) mass is 541 g/mol. The Labute approximate surface area is 216 Å². The number of aliphatic carboxylic acids is 1. The molecule has 3 aliphatic rings. The minimum atomic E-state index is -5.08.